The number of hydrogen-bond acceptors (Lipinski definition) is 5. The standard InChI is InChI=1S/C26H42O5/c1-7-9-17-29-25(28)31-19-26(21(5)6,16-15-20(3)4)18-30-24(27)23-13-11-22(10-8-2)12-14-23/h11-14,20-21H,7-10,15-19H2,1-6H3. The van der Waals surface area contributed by atoms with E-state index in [1.165, 1.54) is 5.56 Å². The van der Waals surface area contributed by atoms with Gasteiger partial charge in [0.2, 0.25) is 0 Å². The Morgan fingerprint density at radius 3 is 2.10 bits per heavy atom. The molecule has 1 unspecified atom stereocenters. The van der Waals surface area contributed by atoms with E-state index in [2.05, 4.69) is 34.6 Å². The molecule has 0 aliphatic carbocycles. The minimum Gasteiger partial charge on any atom is -0.461 e. The average Bonchev–Trinajstić information content (AvgIpc) is 2.74. The number of ether oxygens (including phenoxy) is 3. The molecule has 0 saturated heterocycles. The van der Waals surface area contributed by atoms with Crippen molar-refractivity contribution in [1.29, 1.82) is 0 Å². The van der Waals surface area contributed by atoms with Crippen LogP contribution in [0.3, 0.4) is 0 Å². The fourth-order valence-electron chi connectivity index (χ4n) is 3.32. The Balaban J connectivity index is 2.83. The summed E-state index contributed by atoms with van der Waals surface area (Å²) >= 11 is 0. The van der Waals surface area contributed by atoms with E-state index >= 15 is 0 Å². The van der Waals surface area contributed by atoms with E-state index in [1.807, 2.05) is 31.2 Å². The minimum atomic E-state index is -0.652. The third-order valence-corrected chi connectivity index (χ3v) is 5.86. The molecule has 0 fully saturated rings. The molecular weight excluding hydrogens is 392 g/mol. The molecule has 0 radical (unpaired) electrons. The molecule has 0 spiro atoms. The Morgan fingerprint density at radius 2 is 1.55 bits per heavy atom. The van der Waals surface area contributed by atoms with E-state index in [0.29, 0.717) is 18.1 Å². The van der Waals surface area contributed by atoms with E-state index in [-0.39, 0.29) is 25.1 Å². The van der Waals surface area contributed by atoms with E-state index in [4.69, 9.17) is 14.2 Å². The number of unbranched alkanes of at least 4 members (excludes halogenated alkanes) is 1. The topological polar surface area (TPSA) is 61.8 Å². The van der Waals surface area contributed by atoms with Crippen LogP contribution in [0.15, 0.2) is 24.3 Å². The fraction of sp³-hybridized carbons (Fsp3) is 0.692. The van der Waals surface area contributed by atoms with Crippen molar-refractivity contribution >= 4 is 12.1 Å². The first kappa shape index (κ1) is 27.0. The van der Waals surface area contributed by atoms with Crippen molar-refractivity contribution in [2.45, 2.75) is 80.1 Å². The maximum absolute atomic E-state index is 12.7. The Bertz CT molecular complexity index is 650. The third-order valence-electron chi connectivity index (χ3n) is 5.86. The normalized spacial score (nSPS) is 13.2. The summed E-state index contributed by atoms with van der Waals surface area (Å²) < 4.78 is 16.4. The molecule has 31 heavy (non-hydrogen) atoms. The first-order valence-electron chi connectivity index (χ1n) is 11.8. The van der Waals surface area contributed by atoms with Crippen LogP contribution in [0.4, 0.5) is 4.79 Å². The average molecular weight is 435 g/mol. The van der Waals surface area contributed by atoms with Crippen LogP contribution in [0.5, 0.6) is 0 Å². The van der Waals surface area contributed by atoms with Gasteiger partial charge in [0.05, 0.1) is 12.2 Å². The van der Waals surface area contributed by atoms with Gasteiger partial charge in [0.25, 0.3) is 0 Å². The number of carbonyl (C=O) groups excluding carboxylic acids is 2. The van der Waals surface area contributed by atoms with Crippen LogP contribution in [-0.4, -0.2) is 31.9 Å². The van der Waals surface area contributed by atoms with Crippen molar-refractivity contribution in [3.05, 3.63) is 35.4 Å². The largest absolute Gasteiger partial charge is 0.508 e. The molecule has 0 aliphatic rings. The molecule has 176 valence electrons. The van der Waals surface area contributed by atoms with E-state index in [0.717, 1.165) is 38.5 Å². The van der Waals surface area contributed by atoms with Crippen molar-refractivity contribution in [3.8, 4) is 0 Å². The Labute approximate surface area is 188 Å². The third kappa shape index (κ3) is 9.75. The maximum Gasteiger partial charge on any atom is 0.508 e. The molecule has 1 aromatic rings. The molecule has 1 atom stereocenters. The molecule has 5 nitrogen and oxygen atoms in total. The van der Waals surface area contributed by atoms with Gasteiger partial charge in [-0.05, 0) is 48.8 Å². The summed E-state index contributed by atoms with van der Waals surface area (Å²) in [6, 6.07) is 7.59. The summed E-state index contributed by atoms with van der Waals surface area (Å²) in [4.78, 5) is 24.7. The number of hydrogen-bond donors (Lipinski definition) is 0. The molecule has 0 amide bonds. The first-order valence-corrected chi connectivity index (χ1v) is 11.8. The Morgan fingerprint density at radius 1 is 0.903 bits per heavy atom. The van der Waals surface area contributed by atoms with Gasteiger partial charge in [-0.2, -0.15) is 0 Å². The van der Waals surface area contributed by atoms with Gasteiger partial charge in [-0.15, -0.1) is 0 Å². The van der Waals surface area contributed by atoms with Crippen molar-refractivity contribution in [3.63, 3.8) is 0 Å². The van der Waals surface area contributed by atoms with Crippen molar-refractivity contribution in [2.75, 3.05) is 19.8 Å². The van der Waals surface area contributed by atoms with Crippen molar-refractivity contribution < 1.29 is 23.8 Å². The molecule has 0 bridgehead atoms. The highest BCUT2D eigenvalue weighted by Crippen LogP contribution is 2.36. The van der Waals surface area contributed by atoms with Crippen LogP contribution < -0.4 is 0 Å². The second kappa shape index (κ2) is 14.1. The van der Waals surface area contributed by atoms with Gasteiger partial charge < -0.3 is 14.2 Å². The number of aryl methyl sites for hydroxylation is 1. The second-order valence-electron chi connectivity index (χ2n) is 9.21. The van der Waals surface area contributed by atoms with Gasteiger partial charge in [-0.3, -0.25) is 0 Å². The SMILES string of the molecule is CCCCOC(=O)OCC(CCC(C)C)(COC(=O)c1ccc(CCC)cc1)C(C)C. The summed E-state index contributed by atoms with van der Waals surface area (Å²) in [6.07, 6.45) is 4.92. The molecule has 5 heteroatoms. The number of carbonyl (C=O) groups is 2. The van der Waals surface area contributed by atoms with E-state index in [1.54, 1.807) is 0 Å². The Kier molecular flexibility index (Phi) is 12.3. The number of benzene rings is 1. The zero-order chi connectivity index (χ0) is 23.3. The van der Waals surface area contributed by atoms with Crippen LogP contribution in [0.2, 0.25) is 0 Å². The van der Waals surface area contributed by atoms with Crippen LogP contribution in [0.25, 0.3) is 0 Å². The predicted molar refractivity (Wildman–Crippen MR) is 124 cm³/mol. The van der Waals surface area contributed by atoms with Gasteiger partial charge in [0.15, 0.2) is 0 Å². The molecule has 0 heterocycles. The first-order chi connectivity index (χ1) is 14.7. The fourth-order valence-corrected chi connectivity index (χ4v) is 3.32. The molecular formula is C26H42O5. The summed E-state index contributed by atoms with van der Waals surface area (Å²) in [5, 5.41) is 0. The lowest BCUT2D eigenvalue weighted by Gasteiger charge is -2.37. The highest BCUT2D eigenvalue weighted by Gasteiger charge is 2.37. The van der Waals surface area contributed by atoms with Gasteiger partial charge in [0.1, 0.15) is 13.2 Å². The van der Waals surface area contributed by atoms with Gasteiger partial charge in [-0.1, -0.05) is 72.9 Å². The van der Waals surface area contributed by atoms with E-state index in [9.17, 15) is 9.59 Å². The van der Waals surface area contributed by atoms with Gasteiger partial charge in [-0.25, -0.2) is 9.59 Å². The highest BCUT2D eigenvalue weighted by atomic mass is 16.7. The molecule has 0 aliphatic heterocycles. The summed E-state index contributed by atoms with van der Waals surface area (Å²) in [7, 11) is 0. The molecule has 0 aromatic heterocycles. The second-order valence-corrected chi connectivity index (χ2v) is 9.21. The van der Waals surface area contributed by atoms with Crippen molar-refractivity contribution in [1.82, 2.24) is 0 Å². The van der Waals surface area contributed by atoms with Gasteiger partial charge >= 0.3 is 12.1 Å². The minimum absolute atomic E-state index is 0.162. The zero-order valence-electron chi connectivity index (χ0n) is 20.4. The van der Waals surface area contributed by atoms with Crippen LogP contribution in [0, 0.1) is 17.3 Å². The summed E-state index contributed by atoms with van der Waals surface area (Å²) in [5.41, 5.74) is 1.30. The molecule has 1 aromatic carbocycles. The monoisotopic (exact) mass is 434 g/mol. The molecule has 0 N–H and O–H groups in total. The lowest BCUT2D eigenvalue weighted by molar-refractivity contribution is -0.0382. The quantitative estimate of drug-likeness (QED) is 0.237. The number of rotatable bonds is 14. The summed E-state index contributed by atoms with van der Waals surface area (Å²) in [5.74, 6) is 0.314. The predicted octanol–water partition coefficient (Wildman–Crippen LogP) is 6.83. The molecule has 0 saturated carbocycles. The van der Waals surface area contributed by atoms with Crippen LogP contribution in [0.1, 0.15) is 89.6 Å². The zero-order valence-corrected chi connectivity index (χ0v) is 20.4. The number of esters is 1. The highest BCUT2D eigenvalue weighted by molar-refractivity contribution is 5.89. The van der Waals surface area contributed by atoms with Crippen LogP contribution >= 0.6 is 0 Å². The Hall–Kier alpha value is -2.04. The van der Waals surface area contributed by atoms with E-state index < -0.39 is 11.6 Å². The lowest BCUT2D eigenvalue weighted by atomic mass is 9.74. The summed E-state index contributed by atoms with van der Waals surface area (Å²) in [6.45, 7) is 13.4. The smallest absolute Gasteiger partial charge is 0.461 e. The lowest BCUT2D eigenvalue weighted by Crippen LogP contribution is -2.39. The molecule has 1 rings (SSSR count). The van der Waals surface area contributed by atoms with Crippen LogP contribution in [-0.2, 0) is 20.6 Å². The maximum atomic E-state index is 12.7. The van der Waals surface area contributed by atoms with Crippen molar-refractivity contribution in [2.24, 2.45) is 17.3 Å². The van der Waals surface area contributed by atoms with Gasteiger partial charge in [0, 0.05) is 5.41 Å².